The van der Waals surface area contributed by atoms with E-state index in [0.29, 0.717) is 6.61 Å². The number of halogens is 1. The van der Waals surface area contributed by atoms with E-state index >= 15 is 0 Å². The molecule has 5 heteroatoms. The van der Waals surface area contributed by atoms with Gasteiger partial charge in [0.15, 0.2) is 0 Å². The molecule has 0 aliphatic rings. The summed E-state index contributed by atoms with van der Waals surface area (Å²) in [5, 5.41) is 0. The van der Waals surface area contributed by atoms with Gasteiger partial charge in [-0.25, -0.2) is 0 Å². The third kappa shape index (κ3) is 4.14. The molecule has 0 amide bonds. The maximum Gasteiger partial charge on any atom is 0.0994 e. The zero-order chi connectivity index (χ0) is 14.4. The Balaban J connectivity index is 2.17. The zero-order valence-electron chi connectivity index (χ0n) is 11.4. The fourth-order valence-electron chi connectivity index (χ4n) is 2.20. The first-order valence-electron chi connectivity index (χ1n) is 6.61. The van der Waals surface area contributed by atoms with E-state index in [9.17, 15) is 0 Å². The Hall–Kier alpha value is -0.720. The number of hydrogen-bond donors (Lipinski definition) is 2. The number of nitrogens with one attached hydrogen (secondary N) is 1. The van der Waals surface area contributed by atoms with Crippen LogP contribution in [0.3, 0.4) is 0 Å². The van der Waals surface area contributed by atoms with Gasteiger partial charge >= 0.3 is 0 Å². The van der Waals surface area contributed by atoms with Gasteiger partial charge in [0.05, 0.1) is 15.9 Å². The number of benzene rings is 1. The van der Waals surface area contributed by atoms with Gasteiger partial charge < -0.3 is 4.74 Å². The summed E-state index contributed by atoms with van der Waals surface area (Å²) < 4.78 is 7.05. The quantitative estimate of drug-likeness (QED) is 0.589. The predicted octanol–water partition coefficient (Wildman–Crippen LogP) is 3.66. The monoisotopic (exact) mass is 354 g/mol. The van der Waals surface area contributed by atoms with Crippen molar-refractivity contribution >= 4 is 27.3 Å². The van der Waals surface area contributed by atoms with Gasteiger partial charge in [0.25, 0.3) is 0 Å². The van der Waals surface area contributed by atoms with Crippen LogP contribution < -0.4 is 11.3 Å². The number of hydrazine groups is 1. The van der Waals surface area contributed by atoms with Crippen molar-refractivity contribution < 1.29 is 4.74 Å². The van der Waals surface area contributed by atoms with Gasteiger partial charge in [-0.05, 0) is 40.5 Å². The minimum atomic E-state index is -0.0490. The molecular formula is C15H19BrN2OS. The van der Waals surface area contributed by atoms with Crippen molar-refractivity contribution in [2.24, 2.45) is 5.84 Å². The van der Waals surface area contributed by atoms with Gasteiger partial charge in [-0.3, -0.25) is 11.3 Å². The van der Waals surface area contributed by atoms with Crippen molar-refractivity contribution in [1.82, 2.24) is 5.43 Å². The first kappa shape index (κ1) is 15.7. The molecule has 0 bridgehead atoms. The summed E-state index contributed by atoms with van der Waals surface area (Å²) in [5.41, 5.74) is 4.06. The Morgan fingerprint density at radius 1 is 1.25 bits per heavy atom. The maximum atomic E-state index is 5.91. The normalized spacial score (nSPS) is 14.2. The van der Waals surface area contributed by atoms with Gasteiger partial charge in [-0.2, -0.15) is 0 Å². The highest BCUT2D eigenvalue weighted by Crippen LogP contribution is 2.28. The van der Waals surface area contributed by atoms with Crippen LogP contribution >= 0.6 is 27.3 Å². The van der Waals surface area contributed by atoms with Crippen LogP contribution in [-0.2, 0) is 11.2 Å². The van der Waals surface area contributed by atoms with E-state index in [4.69, 9.17) is 10.6 Å². The molecule has 2 aromatic rings. The lowest BCUT2D eigenvalue weighted by Gasteiger charge is -2.26. The average molecular weight is 355 g/mol. The summed E-state index contributed by atoms with van der Waals surface area (Å²) in [5.74, 6) is 5.76. The summed E-state index contributed by atoms with van der Waals surface area (Å²) in [4.78, 5) is 1.28. The molecule has 0 fully saturated rings. The average Bonchev–Trinajstić information content (AvgIpc) is 2.89. The summed E-state index contributed by atoms with van der Waals surface area (Å²) in [7, 11) is 0. The summed E-state index contributed by atoms with van der Waals surface area (Å²) in [6, 6.07) is 14.4. The number of nitrogens with two attached hydrogens (primary N) is 1. The second-order valence-electron chi connectivity index (χ2n) is 4.47. The third-order valence-electron chi connectivity index (χ3n) is 3.10. The van der Waals surface area contributed by atoms with Crippen molar-refractivity contribution in [2.45, 2.75) is 25.5 Å². The number of thiophene rings is 1. The zero-order valence-corrected chi connectivity index (χ0v) is 13.8. The van der Waals surface area contributed by atoms with Crippen molar-refractivity contribution in [3.63, 3.8) is 0 Å². The second-order valence-corrected chi connectivity index (χ2v) is 7.02. The summed E-state index contributed by atoms with van der Waals surface area (Å²) in [6.07, 6.45) is 0.791. The highest BCUT2D eigenvalue weighted by molar-refractivity contribution is 9.11. The standard InChI is InChI=1S/C15H19BrN2OS/c1-2-19-15(11-6-4-3-5-7-11)13(18-17)10-12-8-9-14(16)20-12/h3-9,13,15,18H,2,10,17H2,1H3. The smallest absolute Gasteiger partial charge is 0.0994 e. The van der Waals surface area contributed by atoms with Crippen molar-refractivity contribution in [2.75, 3.05) is 6.61 Å². The van der Waals surface area contributed by atoms with Crippen LogP contribution in [0, 0.1) is 0 Å². The molecule has 1 heterocycles. The van der Waals surface area contributed by atoms with Crippen LogP contribution in [-0.4, -0.2) is 12.6 Å². The van der Waals surface area contributed by atoms with Crippen LogP contribution in [0.1, 0.15) is 23.5 Å². The molecule has 2 atom stereocenters. The molecule has 0 saturated carbocycles. The molecule has 1 aromatic carbocycles. The minimum Gasteiger partial charge on any atom is -0.372 e. The van der Waals surface area contributed by atoms with E-state index in [1.807, 2.05) is 25.1 Å². The molecule has 0 saturated heterocycles. The molecule has 3 N–H and O–H groups in total. The molecule has 1 aromatic heterocycles. The van der Waals surface area contributed by atoms with Crippen LogP contribution in [0.5, 0.6) is 0 Å². The topological polar surface area (TPSA) is 47.3 Å². The fraction of sp³-hybridized carbons (Fsp3) is 0.333. The van der Waals surface area contributed by atoms with Crippen molar-refractivity contribution in [1.29, 1.82) is 0 Å². The Morgan fingerprint density at radius 3 is 2.55 bits per heavy atom. The fourth-order valence-corrected chi connectivity index (χ4v) is 3.74. The van der Waals surface area contributed by atoms with E-state index in [0.717, 1.165) is 15.8 Å². The van der Waals surface area contributed by atoms with E-state index in [1.54, 1.807) is 11.3 Å². The van der Waals surface area contributed by atoms with Crippen LogP contribution in [0.15, 0.2) is 46.3 Å². The van der Waals surface area contributed by atoms with Crippen molar-refractivity contribution in [3.8, 4) is 0 Å². The second kappa shape index (κ2) is 7.90. The van der Waals surface area contributed by atoms with Gasteiger partial charge in [-0.15, -0.1) is 11.3 Å². The minimum absolute atomic E-state index is 0.0444. The van der Waals surface area contributed by atoms with Gasteiger partial charge in [0, 0.05) is 17.9 Å². The molecule has 0 aliphatic carbocycles. The van der Waals surface area contributed by atoms with Crippen molar-refractivity contribution in [3.05, 3.63) is 56.7 Å². The highest BCUT2D eigenvalue weighted by atomic mass is 79.9. The van der Waals surface area contributed by atoms with Crippen LogP contribution in [0.4, 0.5) is 0 Å². The van der Waals surface area contributed by atoms with E-state index < -0.39 is 0 Å². The molecule has 2 rings (SSSR count). The molecule has 0 aliphatic heterocycles. The molecular weight excluding hydrogens is 336 g/mol. The summed E-state index contributed by atoms with van der Waals surface area (Å²) in [6.45, 7) is 2.66. The molecule has 3 nitrogen and oxygen atoms in total. The Kier molecular flexibility index (Phi) is 6.19. The lowest BCUT2D eigenvalue weighted by molar-refractivity contribution is 0.0334. The van der Waals surface area contributed by atoms with Crippen LogP contribution in [0.2, 0.25) is 0 Å². The first-order chi connectivity index (χ1) is 9.74. The Bertz CT molecular complexity index is 518. The molecule has 0 radical (unpaired) electrons. The first-order valence-corrected chi connectivity index (χ1v) is 8.22. The molecule has 0 spiro atoms. The highest BCUT2D eigenvalue weighted by Gasteiger charge is 2.23. The van der Waals surface area contributed by atoms with E-state index in [-0.39, 0.29) is 12.1 Å². The maximum absolute atomic E-state index is 5.91. The largest absolute Gasteiger partial charge is 0.372 e. The van der Waals surface area contributed by atoms with Gasteiger partial charge in [0.1, 0.15) is 0 Å². The third-order valence-corrected chi connectivity index (χ3v) is 4.75. The van der Waals surface area contributed by atoms with Gasteiger partial charge in [0.2, 0.25) is 0 Å². The van der Waals surface area contributed by atoms with Crippen LogP contribution in [0.25, 0.3) is 0 Å². The lowest BCUT2D eigenvalue weighted by atomic mass is 9.99. The molecule has 20 heavy (non-hydrogen) atoms. The number of hydrogen-bond acceptors (Lipinski definition) is 4. The van der Waals surface area contributed by atoms with E-state index in [2.05, 4.69) is 45.6 Å². The van der Waals surface area contributed by atoms with Gasteiger partial charge in [-0.1, -0.05) is 30.3 Å². The Morgan fingerprint density at radius 2 is 2.00 bits per heavy atom. The molecule has 108 valence electrons. The molecule has 2 unspecified atom stereocenters. The number of rotatable bonds is 7. The Labute approximate surface area is 132 Å². The SMILES string of the molecule is CCOC(c1ccccc1)C(Cc1ccc(Br)s1)NN. The lowest BCUT2D eigenvalue weighted by Crippen LogP contribution is -2.42. The number of ether oxygens (including phenoxy) is 1. The predicted molar refractivity (Wildman–Crippen MR) is 87.6 cm³/mol. The van der Waals surface area contributed by atoms with E-state index in [1.165, 1.54) is 4.88 Å². The summed E-state index contributed by atoms with van der Waals surface area (Å²) >= 11 is 5.22.